The summed E-state index contributed by atoms with van der Waals surface area (Å²) in [7, 11) is -1.71. The molecule has 1 aromatic carbocycles. The van der Waals surface area contributed by atoms with E-state index in [1.165, 1.54) is 4.31 Å². The Morgan fingerprint density at radius 1 is 1.19 bits per heavy atom. The van der Waals surface area contributed by atoms with Gasteiger partial charge in [0.05, 0.1) is 16.2 Å². The van der Waals surface area contributed by atoms with E-state index in [2.05, 4.69) is 10.1 Å². The number of hydrogen-bond donors (Lipinski definition) is 0. The molecule has 31 heavy (non-hydrogen) atoms. The minimum absolute atomic E-state index is 0.141. The molecule has 0 fully saturated rings. The number of aryl methyl sites for hydroxylation is 3. The third-order valence-corrected chi connectivity index (χ3v) is 7.91. The molecule has 0 unspecified atom stereocenters. The quantitative estimate of drug-likeness (QED) is 0.607. The van der Waals surface area contributed by atoms with Gasteiger partial charge in [-0.2, -0.15) is 9.40 Å². The maximum Gasteiger partial charge on any atom is 0.259 e. The van der Waals surface area contributed by atoms with Crippen molar-refractivity contribution in [1.82, 2.24) is 19.1 Å². The molecule has 2 aromatic heterocycles. The van der Waals surface area contributed by atoms with Gasteiger partial charge < -0.3 is 4.90 Å². The molecule has 1 aliphatic heterocycles. The van der Waals surface area contributed by atoms with Gasteiger partial charge in [0.1, 0.15) is 0 Å². The van der Waals surface area contributed by atoms with E-state index in [0.29, 0.717) is 25.2 Å². The number of aromatic nitrogens is 3. The van der Waals surface area contributed by atoms with Crippen LogP contribution in [0.15, 0.2) is 35.4 Å². The molecular weight excluding hydrogens is 414 g/mol. The van der Waals surface area contributed by atoms with Crippen LogP contribution in [-0.4, -0.2) is 53.0 Å². The third-order valence-electron chi connectivity index (χ3n) is 5.87. The Balaban J connectivity index is 1.70. The fraction of sp³-hybridized carbons (Fsp3) is 0.409. The second kappa shape index (κ2) is 8.05. The number of sulfonamides is 1. The monoisotopic (exact) mass is 441 g/mol. The molecule has 4 rings (SSSR count). The normalized spacial score (nSPS) is 14.3. The summed E-state index contributed by atoms with van der Waals surface area (Å²) in [5.41, 5.74) is 3.69. The van der Waals surface area contributed by atoms with Gasteiger partial charge in [0.15, 0.2) is 5.65 Å². The number of pyridine rings is 1. The first kappa shape index (κ1) is 21.5. The highest BCUT2D eigenvalue weighted by Gasteiger charge is 2.28. The van der Waals surface area contributed by atoms with Crippen LogP contribution in [0.5, 0.6) is 0 Å². The van der Waals surface area contributed by atoms with Crippen LogP contribution in [0.3, 0.4) is 0 Å². The van der Waals surface area contributed by atoms with E-state index >= 15 is 0 Å². The smallest absolute Gasteiger partial charge is 0.259 e. The number of carbonyl (C=O) groups is 1. The van der Waals surface area contributed by atoms with E-state index < -0.39 is 10.0 Å². The van der Waals surface area contributed by atoms with Crippen LogP contribution in [0, 0.1) is 6.92 Å². The highest BCUT2D eigenvalue weighted by atomic mass is 32.2. The SMILES string of the molecule is CCN(CC)S(=O)(=O)c1ccc2c(c1)CCCN2C(=O)c1cnc2c(c1)c(C)nn2C. The Bertz CT molecular complexity index is 1260. The summed E-state index contributed by atoms with van der Waals surface area (Å²) in [5, 5.41) is 5.22. The van der Waals surface area contributed by atoms with Crippen LogP contribution >= 0.6 is 0 Å². The van der Waals surface area contributed by atoms with Gasteiger partial charge in [0.2, 0.25) is 10.0 Å². The molecule has 0 saturated heterocycles. The van der Waals surface area contributed by atoms with Crippen LogP contribution in [0.1, 0.15) is 41.9 Å². The molecule has 1 aliphatic rings. The van der Waals surface area contributed by atoms with Crippen LogP contribution in [-0.2, 0) is 23.5 Å². The van der Waals surface area contributed by atoms with E-state index in [1.807, 2.05) is 33.9 Å². The van der Waals surface area contributed by atoms with Crippen molar-refractivity contribution in [3.8, 4) is 0 Å². The number of rotatable bonds is 5. The Morgan fingerprint density at radius 2 is 1.94 bits per heavy atom. The van der Waals surface area contributed by atoms with Crippen molar-refractivity contribution < 1.29 is 13.2 Å². The first-order chi connectivity index (χ1) is 14.8. The van der Waals surface area contributed by atoms with E-state index in [-0.39, 0.29) is 10.8 Å². The van der Waals surface area contributed by atoms with Gasteiger partial charge in [0, 0.05) is 44.0 Å². The highest BCUT2D eigenvalue weighted by Crippen LogP contribution is 2.32. The average Bonchev–Trinajstić information content (AvgIpc) is 3.06. The zero-order chi connectivity index (χ0) is 22.3. The van der Waals surface area contributed by atoms with Gasteiger partial charge in [0.25, 0.3) is 5.91 Å². The zero-order valence-corrected chi connectivity index (χ0v) is 19.1. The molecule has 8 nitrogen and oxygen atoms in total. The van der Waals surface area contributed by atoms with Crippen molar-refractivity contribution in [3.63, 3.8) is 0 Å². The number of carbonyl (C=O) groups excluding carboxylic acids is 1. The molecular formula is C22H27N5O3S. The Morgan fingerprint density at radius 3 is 2.65 bits per heavy atom. The highest BCUT2D eigenvalue weighted by molar-refractivity contribution is 7.89. The van der Waals surface area contributed by atoms with E-state index in [9.17, 15) is 13.2 Å². The molecule has 0 radical (unpaired) electrons. The molecule has 3 heterocycles. The Kier molecular flexibility index (Phi) is 5.57. The fourth-order valence-corrected chi connectivity index (χ4v) is 5.75. The Hall–Kier alpha value is -2.78. The van der Waals surface area contributed by atoms with Gasteiger partial charge in [-0.1, -0.05) is 13.8 Å². The van der Waals surface area contributed by atoms with Crippen molar-refractivity contribution in [3.05, 3.63) is 47.3 Å². The molecule has 0 spiro atoms. The minimum Gasteiger partial charge on any atom is -0.308 e. The standard InChI is InChI=1S/C22H27N5O3S/c1-5-26(6-2)31(29,30)18-9-10-20-16(12-18)8-7-11-27(20)22(28)17-13-19-15(3)24-25(4)21(19)23-14-17/h9-10,12-14H,5-8,11H2,1-4H3. The lowest BCUT2D eigenvalue weighted by Gasteiger charge is -2.30. The molecule has 164 valence electrons. The first-order valence-electron chi connectivity index (χ1n) is 10.5. The summed E-state index contributed by atoms with van der Waals surface area (Å²) < 4.78 is 29.0. The maximum absolute atomic E-state index is 13.3. The number of fused-ring (bicyclic) bond motifs is 2. The molecule has 1 amide bonds. The second-order valence-corrected chi connectivity index (χ2v) is 9.68. The van der Waals surface area contributed by atoms with Crippen LogP contribution < -0.4 is 4.90 Å². The summed E-state index contributed by atoms with van der Waals surface area (Å²) in [6, 6.07) is 6.91. The van der Waals surface area contributed by atoms with E-state index in [4.69, 9.17) is 0 Å². The summed E-state index contributed by atoms with van der Waals surface area (Å²) >= 11 is 0. The zero-order valence-electron chi connectivity index (χ0n) is 18.3. The molecule has 3 aromatic rings. The van der Waals surface area contributed by atoms with E-state index in [1.54, 1.807) is 34.0 Å². The first-order valence-corrected chi connectivity index (χ1v) is 12.0. The summed E-state index contributed by atoms with van der Waals surface area (Å²) in [5.74, 6) is -0.141. The average molecular weight is 442 g/mol. The van der Waals surface area contributed by atoms with Crippen molar-refractivity contribution in [1.29, 1.82) is 0 Å². The van der Waals surface area contributed by atoms with Crippen LogP contribution in [0.25, 0.3) is 11.0 Å². The Labute approximate surface area is 182 Å². The van der Waals surface area contributed by atoms with Crippen LogP contribution in [0.4, 0.5) is 5.69 Å². The molecule has 0 atom stereocenters. The summed E-state index contributed by atoms with van der Waals surface area (Å²) in [6.07, 6.45) is 3.09. The molecule has 0 aliphatic carbocycles. The van der Waals surface area contributed by atoms with Gasteiger partial charge >= 0.3 is 0 Å². The van der Waals surface area contributed by atoms with E-state index in [0.717, 1.165) is 40.8 Å². The summed E-state index contributed by atoms with van der Waals surface area (Å²) in [4.78, 5) is 19.8. The third kappa shape index (κ3) is 3.61. The number of amides is 1. The predicted molar refractivity (Wildman–Crippen MR) is 120 cm³/mol. The predicted octanol–water partition coefficient (Wildman–Crippen LogP) is 2.90. The van der Waals surface area contributed by atoms with Crippen molar-refractivity contribution in [2.24, 2.45) is 7.05 Å². The molecule has 0 N–H and O–H groups in total. The number of nitrogens with zero attached hydrogens (tertiary/aromatic N) is 5. The van der Waals surface area contributed by atoms with Gasteiger partial charge in [-0.3, -0.25) is 9.48 Å². The number of benzene rings is 1. The lowest BCUT2D eigenvalue weighted by atomic mass is 10.0. The number of hydrogen-bond acceptors (Lipinski definition) is 5. The fourth-order valence-electron chi connectivity index (χ4n) is 4.24. The topological polar surface area (TPSA) is 88.4 Å². The molecule has 0 bridgehead atoms. The van der Waals surface area contributed by atoms with Crippen LogP contribution in [0.2, 0.25) is 0 Å². The lowest BCUT2D eigenvalue weighted by molar-refractivity contribution is 0.0985. The second-order valence-electron chi connectivity index (χ2n) is 7.74. The molecule has 9 heteroatoms. The van der Waals surface area contributed by atoms with Gasteiger partial charge in [-0.15, -0.1) is 0 Å². The lowest BCUT2D eigenvalue weighted by Crippen LogP contribution is -2.36. The minimum atomic E-state index is -3.54. The van der Waals surface area contributed by atoms with Gasteiger partial charge in [-0.05, 0) is 49.6 Å². The largest absolute Gasteiger partial charge is 0.308 e. The van der Waals surface area contributed by atoms with Crippen molar-refractivity contribution in [2.75, 3.05) is 24.5 Å². The van der Waals surface area contributed by atoms with Crippen molar-refractivity contribution in [2.45, 2.75) is 38.5 Å². The summed E-state index contributed by atoms with van der Waals surface area (Å²) in [6.45, 7) is 6.97. The number of anilines is 1. The maximum atomic E-state index is 13.3. The molecule has 0 saturated carbocycles. The van der Waals surface area contributed by atoms with Gasteiger partial charge in [-0.25, -0.2) is 13.4 Å². The van der Waals surface area contributed by atoms with Crippen molar-refractivity contribution >= 4 is 32.7 Å².